The summed E-state index contributed by atoms with van der Waals surface area (Å²) in [5.41, 5.74) is 6.36. The summed E-state index contributed by atoms with van der Waals surface area (Å²) in [5, 5.41) is 0.654. The molecule has 0 saturated carbocycles. The van der Waals surface area contributed by atoms with Crippen molar-refractivity contribution in [2.75, 3.05) is 5.75 Å². The van der Waals surface area contributed by atoms with E-state index in [1.165, 1.54) is 11.3 Å². The molecule has 1 aromatic heterocycles. The number of nitrogens with zero attached hydrogens (tertiary/aromatic N) is 1. The van der Waals surface area contributed by atoms with Gasteiger partial charge < -0.3 is 5.73 Å². The van der Waals surface area contributed by atoms with Crippen molar-refractivity contribution in [3.05, 3.63) is 15.6 Å². The van der Waals surface area contributed by atoms with E-state index >= 15 is 0 Å². The van der Waals surface area contributed by atoms with Gasteiger partial charge in [0, 0.05) is 11.4 Å². The summed E-state index contributed by atoms with van der Waals surface area (Å²) >= 11 is 1.40. The first-order valence-corrected chi connectivity index (χ1v) is 7.48. The van der Waals surface area contributed by atoms with Crippen LogP contribution in [0.5, 0.6) is 0 Å². The predicted molar refractivity (Wildman–Crippen MR) is 62.5 cm³/mol. The standard InChI is InChI=1S/C9H16N2O2S2/c1-3-4-15(12,13)6-9-11-7(2)8(5-10)14-9/h3-6,10H2,1-2H3. The third-order valence-electron chi connectivity index (χ3n) is 1.98. The molecule has 0 saturated heterocycles. The van der Waals surface area contributed by atoms with Gasteiger partial charge in [0.05, 0.1) is 11.4 Å². The van der Waals surface area contributed by atoms with Gasteiger partial charge in [-0.2, -0.15) is 0 Å². The fourth-order valence-electron chi connectivity index (χ4n) is 1.31. The summed E-state index contributed by atoms with van der Waals surface area (Å²) in [6, 6.07) is 0. The summed E-state index contributed by atoms with van der Waals surface area (Å²) in [4.78, 5) is 5.18. The van der Waals surface area contributed by atoms with Crippen LogP contribution in [0.2, 0.25) is 0 Å². The normalized spacial score (nSPS) is 11.9. The maximum absolute atomic E-state index is 11.5. The van der Waals surface area contributed by atoms with E-state index in [4.69, 9.17) is 5.73 Å². The Labute approximate surface area is 94.4 Å². The van der Waals surface area contributed by atoms with E-state index in [9.17, 15) is 8.42 Å². The predicted octanol–water partition coefficient (Wildman–Crippen LogP) is 1.24. The second kappa shape index (κ2) is 5.05. The first-order valence-electron chi connectivity index (χ1n) is 4.84. The molecule has 0 bridgehead atoms. The molecule has 0 aliphatic heterocycles. The Hall–Kier alpha value is -0.460. The summed E-state index contributed by atoms with van der Waals surface area (Å²) < 4.78 is 23.1. The average molecular weight is 248 g/mol. The van der Waals surface area contributed by atoms with Gasteiger partial charge in [-0.3, -0.25) is 0 Å². The minimum Gasteiger partial charge on any atom is -0.326 e. The van der Waals surface area contributed by atoms with Crippen LogP contribution in [0.4, 0.5) is 0 Å². The van der Waals surface area contributed by atoms with Crippen LogP contribution in [-0.4, -0.2) is 19.2 Å². The number of aryl methyl sites for hydroxylation is 1. The lowest BCUT2D eigenvalue weighted by Gasteiger charge is -1.98. The maximum atomic E-state index is 11.5. The molecule has 0 spiro atoms. The Morgan fingerprint density at radius 2 is 2.13 bits per heavy atom. The van der Waals surface area contributed by atoms with Gasteiger partial charge >= 0.3 is 0 Å². The molecule has 2 N–H and O–H groups in total. The van der Waals surface area contributed by atoms with Crippen LogP contribution in [0.15, 0.2) is 0 Å². The lowest BCUT2D eigenvalue weighted by atomic mass is 10.4. The number of hydrogen-bond donors (Lipinski definition) is 1. The quantitative estimate of drug-likeness (QED) is 0.850. The highest BCUT2D eigenvalue weighted by Crippen LogP contribution is 2.19. The molecule has 4 nitrogen and oxygen atoms in total. The Morgan fingerprint density at radius 3 is 2.60 bits per heavy atom. The molecular weight excluding hydrogens is 232 g/mol. The Morgan fingerprint density at radius 1 is 1.47 bits per heavy atom. The number of nitrogens with two attached hydrogens (primary N) is 1. The molecule has 0 aromatic carbocycles. The van der Waals surface area contributed by atoms with Crippen molar-refractivity contribution in [3.63, 3.8) is 0 Å². The zero-order valence-corrected chi connectivity index (χ0v) is 10.6. The first kappa shape index (κ1) is 12.6. The molecule has 0 aliphatic rings. The van der Waals surface area contributed by atoms with Crippen molar-refractivity contribution in [1.82, 2.24) is 4.98 Å². The highest BCUT2D eigenvalue weighted by Gasteiger charge is 2.15. The van der Waals surface area contributed by atoms with Crippen molar-refractivity contribution < 1.29 is 8.42 Å². The molecule has 0 atom stereocenters. The summed E-state index contributed by atoms with van der Waals surface area (Å²) in [5.74, 6) is 0.274. The third kappa shape index (κ3) is 3.55. The van der Waals surface area contributed by atoms with Crippen molar-refractivity contribution in [3.8, 4) is 0 Å². The van der Waals surface area contributed by atoms with E-state index in [1.54, 1.807) is 0 Å². The fourth-order valence-corrected chi connectivity index (χ4v) is 4.04. The van der Waals surface area contributed by atoms with Crippen LogP contribution in [0.1, 0.15) is 28.9 Å². The molecule has 0 unspecified atom stereocenters. The van der Waals surface area contributed by atoms with Gasteiger partial charge in [-0.05, 0) is 13.3 Å². The van der Waals surface area contributed by atoms with Gasteiger partial charge in [0.25, 0.3) is 0 Å². The fraction of sp³-hybridized carbons (Fsp3) is 0.667. The molecule has 1 aromatic rings. The SMILES string of the molecule is CCCS(=O)(=O)Cc1nc(C)c(CN)s1. The zero-order chi connectivity index (χ0) is 11.5. The second-order valence-electron chi connectivity index (χ2n) is 3.41. The molecule has 0 aliphatic carbocycles. The van der Waals surface area contributed by atoms with E-state index in [0.717, 1.165) is 10.6 Å². The molecule has 1 rings (SSSR count). The van der Waals surface area contributed by atoms with Crippen molar-refractivity contribution in [2.24, 2.45) is 5.73 Å². The molecule has 0 radical (unpaired) electrons. The lowest BCUT2D eigenvalue weighted by molar-refractivity contribution is 0.594. The lowest BCUT2D eigenvalue weighted by Crippen LogP contribution is -2.08. The summed E-state index contributed by atoms with van der Waals surface area (Å²) in [6.07, 6.45) is 0.649. The summed E-state index contributed by atoms with van der Waals surface area (Å²) in [6.45, 7) is 4.14. The molecular formula is C9H16N2O2S2. The van der Waals surface area contributed by atoms with Crippen LogP contribution in [-0.2, 0) is 22.1 Å². The topological polar surface area (TPSA) is 73.0 Å². The highest BCUT2D eigenvalue weighted by atomic mass is 32.2. The van der Waals surface area contributed by atoms with Gasteiger partial charge in [-0.25, -0.2) is 13.4 Å². The van der Waals surface area contributed by atoms with E-state index < -0.39 is 9.84 Å². The Bertz CT molecular complexity index is 423. The maximum Gasteiger partial charge on any atom is 0.156 e. The van der Waals surface area contributed by atoms with E-state index in [-0.39, 0.29) is 11.5 Å². The number of rotatable bonds is 5. The van der Waals surface area contributed by atoms with Crippen LogP contribution in [0, 0.1) is 6.92 Å². The minimum absolute atomic E-state index is 0.0480. The van der Waals surface area contributed by atoms with Crippen LogP contribution < -0.4 is 5.73 Å². The van der Waals surface area contributed by atoms with Crippen molar-refractivity contribution in [2.45, 2.75) is 32.6 Å². The average Bonchev–Trinajstić information content (AvgIpc) is 2.44. The highest BCUT2D eigenvalue weighted by molar-refractivity contribution is 7.90. The van der Waals surface area contributed by atoms with Crippen molar-refractivity contribution >= 4 is 21.2 Å². The molecule has 15 heavy (non-hydrogen) atoms. The van der Waals surface area contributed by atoms with E-state index in [0.29, 0.717) is 18.0 Å². The monoisotopic (exact) mass is 248 g/mol. The Balaban J connectivity index is 2.81. The van der Waals surface area contributed by atoms with Gasteiger partial charge in [0.2, 0.25) is 0 Å². The van der Waals surface area contributed by atoms with Crippen molar-refractivity contribution in [1.29, 1.82) is 0 Å². The van der Waals surface area contributed by atoms with Gasteiger partial charge in [0.1, 0.15) is 10.8 Å². The number of aromatic nitrogens is 1. The largest absolute Gasteiger partial charge is 0.326 e. The molecule has 1 heterocycles. The van der Waals surface area contributed by atoms with Gasteiger partial charge in [-0.15, -0.1) is 11.3 Å². The van der Waals surface area contributed by atoms with E-state index in [2.05, 4.69) is 4.98 Å². The van der Waals surface area contributed by atoms with E-state index in [1.807, 2.05) is 13.8 Å². The molecule has 6 heteroatoms. The molecule has 0 amide bonds. The van der Waals surface area contributed by atoms with Crippen LogP contribution >= 0.6 is 11.3 Å². The first-order chi connectivity index (χ1) is 6.98. The zero-order valence-electron chi connectivity index (χ0n) is 8.99. The van der Waals surface area contributed by atoms with Crippen LogP contribution in [0.25, 0.3) is 0 Å². The summed E-state index contributed by atoms with van der Waals surface area (Å²) in [7, 11) is -2.99. The Kier molecular flexibility index (Phi) is 4.24. The molecule has 86 valence electrons. The number of hydrogen-bond acceptors (Lipinski definition) is 5. The second-order valence-corrected chi connectivity index (χ2v) is 6.76. The minimum atomic E-state index is -2.99. The number of sulfone groups is 1. The van der Waals surface area contributed by atoms with Gasteiger partial charge in [0.15, 0.2) is 9.84 Å². The molecule has 0 fully saturated rings. The van der Waals surface area contributed by atoms with Gasteiger partial charge in [-0.1, -0.05) is 6.92 Å². The van der Waals surface area contributed by atoms with Crippen LogP contribution in [0.3, 0.4) is 0 Å². The third-order valence-corrected chi connectivity index (χ3v) is 5.09. The smallest absolute Gasteiger partial charge is 0.156 e. The number of thiazole rings is 1.